The highest BCUT2D eigenvalue weighted by Crippen LogP contribution is 2.89. The van der Waals surface area contributed by atoms with Crippen molar-refractivity contribution in [2.75, 3.05) is 0 Å². The van der Waals surface area contributed by atoms with E-state index in [1.54, 1.807) is 6.92 Å². The second-order valence-corrected chi connectivity index (χ2v) is 10.4. The molecule has 0 saturated heterocycles. The Labute approximate surface area is 117 Å². The number of esters is 1. The molecule has 6 bridgehead atoms. The topological polar surface area (TPSA) is 26.3 Å². The van der Waals surface area contributed by atoms with E-state index in [1.165, 1.54) is 6.42 Å². The minimum Gasteiger partial charge on any atom is -0.459 e. The molecule has 4 heteroatoms. The van der Waals surface area contributed by atoms with Crippen molar-refractivity contribution < 1.29 is 9.53 Å². The van der Waals surface area contributed by atoms with E-state index in [1.807, 2.05) is 0 Å². The molecule has 0 unspecified atom stereocenters. The first kappa shape index (κ1) is 10.2. The van der Waals surface area contributed by atoms with Gasteiger partial charge in [0.25, 0.3) is 0 Å². The molecule has 0 aromatic carbocycles. The maximum Gasteiger partial charge on any atom is 0.303 e. The minimum absolute atomic E-state index is 0.0510. The van der Waals surface area contributed by atoms with Crippen LogP contribution in [-0.2, 0) is 9.53 Å². The number of rotatable bonds is 1. The van der Waals surface area contributed by atoms with Crippen LogP contribution in [0.4, 0.5) is 0 Å². The number of ether oxygens (including phenoxy) is 1. The highest BCUT2D eigenvalue weighted by molar-refractivity contribution is 9.25. The third-order valence-corrected chi connectivity index (χ3v) is 8.66. The van der Waals surface area contributed by atoms with Crippen molar-refractivity contribution in [2.45, 2.75) is 28.6 Å². The van der Waals surface area contributed by atoms with E-state index < -0.39 is 0 Å². The molecular formula is C13H14Br2O2. The Hall–Kier alpha value is 0.430. The van der Waals surface area contributed by atoms with Gasteiger partial charge >= 0.3 is 5.97 Å². The maximum atomic E-state index is 11.5. The van der Waals surface area contributed by atoms with Gasteiger partial charge in [-0.15, -0.1) is 0 Å². The Morgan fingerprint density at radius 3 is 2.71 bits per heavy atom. The van der Waals surface area contributed by atoms with Crippen LogP contribution in [0.2, 0.25) is 0 Å². The summed E-state index contributed by atoms with van der Waals surface area (Å²) < 4.78 is 5.96. The van der Waals surface area contributed by atoms with Gasteiger partial charge in [-0.2, -0.15) is 0 Å². The van der Waals surface area contributed by atoms with Crippen molar-refractivity contribution in [1.29, 1.82) is 0 Å². The van der Waals surface area contributed by atoms with E-state index in [0.29, 0.717) is 17.8 Å². The molecule has 0 heterocycles. The van der Waals surface area contributed by atoms with Crippen LogP contribution in [0.1, 0.15) is 19.8 Å². The molecule has 0 aromatic rings. The van der Waals surface area contributed by atoms with E-state index in [4.69, 9.17) is 4.74 Å². The zero-order valence-electron chi connectivity index (χ0n) is 9.53. The normalized spacial score (nSPS) is 66.4. The van der Waals surface area contributed by atoms with Crippen LogP contribution in [0.25, 0.3) is 0 Å². The Morgan fingerprint density at radius 1 is 1.24 bits per heavy atom. The quantitative estimate of drug-likeness (QED) is 0.530. The van der Waals surface area contributed by atoms with Crippen LogP contribution in [0.15, 0.2) is 0 Å². The van der Waals surface area contributed by atoms with Gasteiger partial charge in [-0.05, 0) is 42.4 Å². The van der Waals surface area contributed by atoms with E-state index in [0.717, 1.165) is 30.1 Å². The first-order chi connectivity index (χ1) is 7.98. The first-order valence-electron chi connectivity index (χ1n) is 6.56. The van der Waals surface area contributed by atoms with Gasteiger partial charge in [-0.1, -0.05) is 31.9 Å². The van der Waals surface area contributed by atoms with Gasteiger partial charge < -0.3 is 4.74 Å². The van der Waals surface area contributed by atoms with E-state index >= 15 is 0 Å². The lowest BCUT2D eigenvalue weighted by atomic mass is 9.69. The lowest BCUT2D eigenvalue weighted by molar-refractivity contribution is -0.168. The van der Waals surface area contributed by atoms with E-state index in [9.17, 15) is 4.79 Å². The van der Waals surface area contributed by atoms with Crippen molar-refractivity contribution in [3.05, 3.63) is 0 Å². The molecule has 0 aliphatic heterocycles. The zero-order chi connectivity index (χ0) is 11.7. The Kier molecular flexibility index (Phi) is 1.52. The summed E-state index contributed by atoms with van der Waals surface area (Å²) in [4.78, 5) is 11.5. The second-order valence-electron chi connectivity index (χ2n) is 6.76. The summed E-state index contributed by atoms with van der Waals surface area (Å²) in [6.45, 7) is 1.57. The van der Waals surface area contributed by atoms with Crippen LogP contribution in [0.5, 0.6) is 0 Å². The molecule has 0 aromatic heterocycles. The average molecular weight is 362 g/mol. The molecule has 0 amide bonds. The number of hydrogen-bond acceptors (Lipinski definition) is 2. The predicted octanol–water partition coefficient (Wildman–Crippen LogP) is 2.94. The van der Waals surface area contributed by atoms with Gasteiger partial charge in [-0.25, -0.2) is 0 Å². The van der Waals surface area contributed by atoms with Crippen LogP contribution < -0.4 is 0 Å². The van der Waals surface area contributed by atoms with Crippen LogP contribution >= 0.6 is 31.9 Å². The molecule has 6 saturated carbocycles. The molecule has 6 rings (SSSR count). The number of halogens is 2. The van der Waals surface area contributed by atoms with Gasteiger partial charge in [0, 0.05) is 18.8 Å². The summed E-state index contributed by atoms with van der Waals surface area (Å²) in [5.74, 6) is 5.17. The van der Waals surface area contributed by atoms with Gasteiger partial charge in [0.05, 0.1) is 3.23 Å². The number of alkyl halides is 2. The summed E-state index contributed by atoms with van der Waals surface area (Å²) in [7, 11) is 0. The Balaban J connectivity index is 1.74. The second kappa shape index (κ2) is 2.52. The summed E-state index contributed by atoms with van der Waals surface area (Å²) in [5, 5.41) is 0. The SMILES string of the molecule is CC(=O)O[C@@]12C[C@@H]3[C@H]4C[C@H]5[C@@H]3[C@@H]1C(Br)(Br)[C@H]5[C@H]42. The molecular weight excluding hydrogens is 348 g/mol. The predicted molar refractivity (Wildman–Crippen MR) is 68.7 cm³/mol. The van der Waals surface area contributed by atoms with Gasteiger partial charge in [0.15, 0.2) is 0 Å². The summed E-state index contributed by atoms with van der Waals surface area (Å²) in [5.41, 5.74) is -0.115. The zero-order valence-corrected chi connectivity index (χ0v) is 12.7. The van der Waals surface area contributed by atoms with Gasteiger partial charge in [0.2, 0.25) is 0 Å². The highest BCUT2D eigenvalue weighted by atomic mass is 79.9. The highest BCUT2D eigenvalue weighted by Gasteiger charge is 2.90. The van der Waals surface area contributed by atoms with Crippen molar-refractivity contribution >= 4 is 37.8 Å². The third kappa shape index (κ3) is 0.775. The smallest absolute Gasteiger partial charge is 0.303 e. The van der Waals surface area contributed by atoms with E-state index in [-0.39, 0.29) is 14.8 Å². The van der Waals surface area contributed by atoms with Crippen LogP contribution in [-0.4, -0.2) is 14.8 Å². The molecule has 0 N–H and O–H groups in total. The van der Waals surface area contributed by atoms with Crippen LogP contribution in [0.3, 0.4) is 0 Å². The van der Waals surface area contributed by atoms with Crippen LogP contribution in [0, 0.1) is 41.4 Å². The summed E-state index contributed by atoms with van der Waals surface area (Å²) in [6, 6.07) is 0. The van der Waals surface area contributed by atoms with Gasteiger partial charge in [0.1, 0.15) is 5.60 Å². The molecule has 8 atom stereocenters. The van der Waals surface area contributed by atoms with Crippen molar-refractivity contribution in [2.24, 2.45) is 41.4 Å². The van der Waals surface area contributed by atoms with Crippen molar-refractivity contribution in [1.82, 2.24) is 0 Å². The summed E-state index contributed by atoms with van der Waals surface area (Å²) in [6.07, 6.45) is 2.53. The third-order valence-electron chi connectivity index (χ3n) is 6.62. The largest absolute Gasteiger partial charge is 0.459 e. The fourth-order valence-corrected chi connectivity index (χ4v) is 9.58. The van der Waals surface area contributed by atoms with Gasteiger partial charge in [-0.3, -0.25) is 4.79 Å². The average Bonchev–Trinajstić information content (AvgIpc) is 2.84. The number of carbonyl (C=O) groups is 1. The van der Waals surface area contributed by atoms with Crippen molar-refractivity contribution in [3.8, 4) is 0 Å². The molecule has 0 spiro atoms. The Bertz CT molecular complexity index is 462. The lowest BCUT2D eigenvalue weighted by Gasteiger charge is -2.41. The fraction of sp³-hybridized carbons (Fsp3) is 0.923. The monoisotopic (exact) mass is 360 g/mol. The molecule has 17 heavy (non-hydrogen) atoms. The van der Waals surface area contributed by atoms with E-state index in [2.05, 4.69) is 31.9 Å². The standard InChI is InChI=1S/C13H14Br2O2/c1-4(16)17-12-3-7-5-2-6-8(7)11(12)13(14,15)10(6)9(5)12/h5-11H,2-3H2,1H3/t5-,6+,7-,8+,9+,10-,11+,12-/m1/s1. The number of carbonyl (C=O) groups excluding carboxylic acids is 1. The maximum absolute atomic E-state index is 11.5. The molecule has 6 fully saturated rings. The fourth-order valence-electron chi connectivity index (χ4n) is 6.95. The first-order valence-corrected chi connectivity index (χ1v) is 8.14. The molecule has 0 radical (unpaired) electrons. The molecule has 92 valence electrons. The molecule has 6 aliphatic carbocycles. The Morgan fingerprint density at radius 2 is 2.00 bits per heavy atom. The lowest BCUT2D eigenvalue weighted by Crippen LogP contribution is -2.47. The minimum atomic E-state index is -0.115. The number of hydrogen-bond donors (Lipinski definition) is 0. The van der Waals surface area contributed by atoms with Crippen molar-refractivity contribution in [3.63, 3.8) is 0 Å². The molecule has 6 aliphatic rings. The molecule has 2 nitrogen and oxygen atoms in total. The summed E-state index contributed by atoms with van der Waals surface area (Å²) >= 11 is 7.88.